The van der Waals surface area contributed by atoms with Gasteiger partial charge in [-0.2, -0.15) is 0 Å². The fourth-order valence-corrected chi connectivity index (χ4v) is 3.14. The van der Waals surface area contributed by atoms with Crippen molar-refractivity contribution in [1.82, 2.24) is 10.6 Å². The van der Waals surface area contributed by atoms with Gasteiger partial charge in [0.15, 0.2) is 0 Å². The van der Waals surface area contributed by atoms with Gasteiger partial charge in [0, 0.05) is 19.0 Å². The van der Waals surface area contributed by atoms with Crippen LogP contribution >= 0.6 is 0 Å². The molecule has 22 heavy (non-hydrogen) atoms. The zero-order valence-electron chi connectivity index (χ0n) is 13.8. The van der Waals surface area contributed by atoms with E-state index in [2.05, 4.69) is 47.9 Å². The minimum Gasteiger partial charge on any atom is -0.353 e. The van der Waals surface area contributed by atoms with Crippen molar-refractivity contribution in [2.45, 2.75) is 63.8 Å². The van der Waals surface area contributed by atoms with Gasteiger partial charge in [0.25, 0.3) is 0 Å². The second-order valence-electron chi connectivity index (χ2n) is 6.50. The zero-order chi connectivity index (χ0) is 15.6. The maximum Gasteiger partial charge on any atom is 0.221 e. The topological polar surface area (TPSA) is 41.1 Å². The van der Waals surface area contributed by atoms with Crippen molar-refractivity contribution in [1.29, 1.82) is 0 Å². The van der Waals surface area contributed by atoms with E-state index in [1.54, 1.807) is 0 Å². The minimum absolute atomic E-state index is 0.204. The number of hydrogen-bond acceptors (Lipinski definition) is 2. The third kappa shape index (κ3) is 6.18. The Morgan fingerprint density at radius 2 is 1.86 bits per heavy atom. The Labute approximate surface area is 134 Å². The van der Waals surface area contributed by atoms with Crippen LogP contribution in [0.5, 0.6) is 0 Å². The quantitative estimate of drug-likeness (QED) is 0.720. The molecule has 2 N–H and O–H groups in total. The number of hydrogen-bond donors (Lipinski definition) is 2. The van der Waals surface area contributed by atoms with Crippen LogP contribution in [0, 0.1) is 0 Å². The van der Waals surface area contributed by atoms with E-state index in [9.17, 15) is 4.79 Å². The second-order valence-corrected chi connectivity index (χ2v) is 6.50. The molecule has 0 aromatic heterocycles. The Morgan fingerprint density at radius 1 is 1.14 bits per heavy atom. The normalized spacial score (nSPS) is 17.1. The monoisotopic (exact) mass is 302 g/mol. The highest BCUT2D eigenvalue weighted by Crippen LogP contribution is 2.18. The number of rotatable bonds is 8. The minimum atomic E-state index is 0.204. The van der Waals surface area contributed by atoms with Gasteiger partial charge in [-0.05, 0) is 37.3 Å². The maximum absolute atomic E-state index is 11.9. The Balaban J connectivity index is 1.52. The van der Waals surface area contributed by atoms with Crippen LogP contribution < -0.4 is 10.6 Å². The average Bonchev–Trinajstić information content (AvgIpc) is 2.56. The van der Waals surface area contributed by atoms with Crippen LogP contribution in [0.15, 0.2) is 30.3 Å². The SMILES string of the molecule is CC(CCNCCC(=O)NC1CCCCC1)c1ccccc1. The molecule has 122 valence electrons. The molecule has 1 aromatic rings. The summed E-state index contributed by atoms with van der Waals surface area (Å²) in [5.74, 6) is 0.764. The second kappa shape index (κ2) is 9.62. The van der Waals surface area contributed by atoms with Gasteiger partial charge in [-0.15, -0.1) is 0 Å². The highest BCUT2D eigenvalue weighted by atomic mass is 16.1. The molecule has 1 atom stereocenters. The fraction of sp³-hybridized carbons (Fsp3) is 0.632. The van der Waals surface area contributed by atoms with Crippen LogP contribution in [0.4, 0.5) is 0 Å². The number of amides is 1. The first-order valence-electron chi connectivity index (χ1n) is 8.80. The number of carbonyl (C=O) groups excluding carboxylic acids is 1. The van der Waals surface area contributed by atoms with E-state index in [-0.39, 0.29) is 5.91 Å². The summed E-state index contributed by atoms with van der Waals surface area (Å²) in [4.78, 5) is 11.9. The Kier molecular flexibility index (Phi) is 7.44. The van der Waals surface area contributed by atoms with Gasteiger partial charge in [0.1, 0.15) is 0 Å². The Morgan fingerprint density at radius 3 is 2.59 bits per heavy atom. The molecular formula is C19H30N2O. The summed E-state index contributed by atoms with van der Waals surface area (Å²) in [5, 5.41) is 6.56. The maximum atomic E-state index is 11.9. The van der Waals surface area contributed by atoms with Crippen molar-refractivity contribution in [2.24, 2.45) is 0 Å². The van der Waals surface area contributed by atoms with Crippen LogP contribution in [0.3, 0.4) is 0 Å². The van der Waals surface area contributed by atoms with E-state index in [4.69, 9.17) is 0 Å². The summed E-state index contributed by atoms with van der Waals surface area (Å²) in [6, 6.07) is 11.0. The molecule has 0 bridgehead atoms. The molecule has 0 heterocycles. The predicted octanol–water partition coefficient (Wildman–Crippen LogP) is 3.61. The number of benzene rings is 1. The average molecular weight is 302 g/mol. The van der Waals surface area contributed by atoms with Gasteiger partial charge in [-0.1, -0.05) is 56.5 Å². The molecule has 1 amide bonds. The van der Waals surface area contributed by atoms with Gasteiger partial charge in [0.05, 0.1) is 0 Å². The molecular weight excluding hydrogens is 272 g/mol. The van der Waals surface area contributed by atoms with Crippen molar-refractivity contribution in [3.63, 3.8) is 0 Å². The molecule has 1 aliphatic rings. The molecule has 3 nitrogen and oxygen atoms in total. The summed E-state index contributed by atoms with van der Waals surface area (Å²) in [7, 11) is 0. The molecule has 0 radical (unpaired) electrons. The van der Waals surface area contributed by atoms with Gasteiger partial charge in [-0.25, -0.2) is 0 Å². The largest absolute Gasteiger partial charge is 0.353 e. The Bertz CT molecular complexity index is 426. The summed E-state index contributed by atoms with van der Waals surface area (Å²) < 4.78 is 0. The molecule has 1 unspecified atom stereocenters. The van der Waals surface area contributed by atoms with E-state index < -0.39 is 0 Å². The lowest BCUT2D eigenvalue weighted by Gasteiger charge is -2.22. The van der Waals surface area contributed by atoms with E-state index in [0.717, 1.165) is 32.4 Å². The van der Waals surface area contributed by atoms with Crippen molar-refractivity contribution in [2.75, 3.05) is 13.1 Å². The predicted molar refractivity (Wildman–Crippen MR) is 92.0 cm³/mol. The van der Waals surface area contributed by atoms with Gasteiger partial charge in [0.2, 0.25) is 5.91 Å². The first-order chi connectivity index (χ1) is 10.8. The van der Waals surface area contributed by atoms with Crippen molar-refractivity contribution < 1.29 is 4.79 Å². The van der Waals surface area contributed by atoms with Crippen molar-refractivity contribution in [3.05, 3.63) is 35.9 Å². The number of nitrogens with one attached hydrogen (secondary N) is 2. The third-order valence-corrected chi connectivity index (χ3v) is 4.62. The Hall–Kier alpha value is -1.35. The molecule has 2 rings (SSSR count). The van der Waals surface area contributed by atoms with Gasteiger partial charge < -0.3 is 10.6 Å². The van der Waals surface area contributed by atoms with Gasteiger partial charge >= 0.3 is 0 Å². The van der Waals surface area contributed by atoms with E-state index in [0.29, 0.717) is 18.4 Å². The summed E-state index contributed by atoms with van der Waals surface area (Å²) in [5.41, 5.74) is 1.39. The molecule has 1 aromatic carbocycles. The lowest BCUT2D eigenvalue weighted by atomic mass is 9.95. The molecule has 1 saturated carbocycles. The van der Waals surface area contributed by atoms with Gasteiger partial charge in [-0.3, -0.25) is 4.79 Å². The first kappa shape index (κ1) is 17.0. The highest BCUT2D eigenvalue weighted by Gasteiger charge is 2.15. The van der Waals surface area contributed by atoms with E-state index in [1.165, 1.54) is 24.8 Å². The van der Waals surface area contributed by atoms with Crippen LogP contribution in [-0.4, -0.2) is 25.0 Å². The molecule has 1 aliphatic carbocycles. The lowest BCUT2D eigenvalue weighted by molar-refractivity contribution is -0.121. The molecule has 0 aliphatic heterocycles. The summed E-state index contributed by atoms with van der Waals surface area (Å²) in [6.45, 7) is 4.00. The smallest absolute Gasteiger partial charge is 0.221 e. The van der Waals surface area contributed by atoms with Crippen molar-refractivity contribution in [3.8, 4) is 0 Å². The lowest BCUT2D eigenvalue weighted by Crippen LogP contribution is -2.37. The molecule has 0 spiro atoms. The van der Waals surface area contributed by atoms with E-state index in [1.807, 2.05) is 0 Å². The van der Waals surface area contributed by atoms with Crippen LogP contribution in [-0.2, 0) is 4.79 Å². The standard InChI is InChI=1S/C19H30N2O/c1-16(17-8-4-2-5-9-17)12-14-20-15-13-19(22)21-18-10-6-3-7-11-18/h2,4-5,8-9,16,18,20H,3,6-7,10-15H2,1H3,(H,21,22). The molecule has 1 fully saturated rings. The van der Waals surface area contributed by atoms with Crippen LogP contribution in [0.1, 0.15) is 63.4 Å². The molecule has 0 saturated heterocycles. The summed E-state index contributed by atoms with van der Waals surface area (Å²) >= 11 is 0. The van der Waals surface area contributed by atoms with Crippen molar-refractivity contribution >= 4 is 5.91 Å². The fourth-order valence-electron chi connectivity index (χ4n) is 3.14. The molecule has 3 heteroatoms. The van der Waals surface area contributed by atoms with Crippen LogP contribution in [0.25, 0.3) is 0 Å². The number of carbonyl (C=O) groups is 1. The third-order valence-electron chi connectivity index (χ3n) is 4.62. The van der Waals surface area contributed by atoms with E-state index >= 15 is 0 Å². The summed E-state index contributed by atoms with van der Waals surface area (Å²) in [6.07, 6.45) is 7.88. The zero-order valence-corrected chi connectivity index (χ0v) is 13.8. The van der Waals surface area contributed by atoms with Crippen LogP contribution in [0.2, 0.25) is 0 Å². The first-order valence-corrected chi connectivity index (χ1v) is 8.80. The highest BCUT2D eigenvalue weighted by molar-refractivity contribution is 5.76.